The third-order valence-electron chi connectivity index (χ3n) is 3.19. The van der Waals surface area contributed by atoms with Gasteiger partial charge in [-0.15, -0.1) is 0 Å². The topological polar surface area (TPSA) is 61.8 Å². The zero-order valence-electron chi connectivity index (χ0n) is 12.6. The van der Waals surface area contributed by atoms with Gasteiger partial charge in [-0.2, -0.15) is 0 Å². The molecular weight excluding hydrogens is 256 g/mol. The number of hydrogen-bond acceptors (Lipinski definition) is 3. The molecule has 1 atom stereocenters. The van der Waals surface area contributed by atoms with Crippen molar-refractivity contribution in [1.29, 1.82) is 0 Å². The summed E-state index contributed by atoms with van der Waals surface area (Å²) in [4.78, 5) is 13.8. The van der Waals surface area contributed by atoms with Gasteiger partial charge in [-0.3, -0.25) is 0 Å². The van der Waals surface area contributed by atoms with E-state index < -0.39 is 0 Å². The fraction of sp³-hybridized carbons (Fsp3) is 0.533. The summed E-state index contributed by atoms with van der Waals surface area (Å²) in [6, 6.07) is 7.38. The van der Waals surface area contributed by atoms with E-state index in [9.17, 15) is 4.79 Å². The van der Waals surface area contributed by atoms with Crippen molar-refractivity contribution >= 4 is 11.7 Å². The van der Waals surface area contributed by atoms with Gasteiger partial charge in [0.05, 0.1) is 12.7 Å². The van der Waals surface area contributed by atoms with E-state index in [0.717, 1.165) is 11.3 Å². The molecular formula is C15H24N2O3. The average Bonchev–Trinajstić information content (AvgIpc) is 2.43. The van der Waals surface area contributed by atoms with E-state index in [1.54, 1.807) is 12.0 Å². The Labute approximate surface area is 120 Å². The lowest BCUT2D eigenvalue weighted by Gasteiger charge is -2.26. The lowest BCUT2D eigenvalue weighted by molar-refractivity contribution is 0.119. The van der Waals surface area contributed by atoms with E-state index in [-0.39, 0.29) is 24.8 Å². The van der Waals surface area contributed by atoms with Crippen molar-refractivity contribution in [2.45, 2.75) is 32.9 Å². The Hall–Kier alpha value is -1.59. The summed E-state index contributed by atoms with van der Waals surface area (Å²) in [5.74, 6) is 0. The molecule has 0 saturated heterocycles. The van der Waals surface area contributed by atoms with Gasteiger partial charge in [0.2, 0.25) is 0 Å². The number of aliphatic hydroxyl groups is 1. The van der Waals surface area contributed by atoms with E-state index in [0.29, 0.717) is 6.54 Å². The van der Waals surface area contributed by atoms with Crippen molar-refractivity contribution in [3.05, 3.63) is 29.8 Å². The van der Waals surface area contributed by atoms with Crippen molar-refractivity contribution in [2.75, 3.05) is 25.6 Å². The number of nitrogens with one attached hydrogen (secondary N) is 1. The van der Waals surface area contributed by atoms with Crippen LogP contribution in [0, 0.1) is 0 Å². The molecule has 20 heavy (non-hydrogen) atoms. The number of benzene rings is 1. The Morgan fingerprint density at radius 1 is 1.40 bits per heavy atom. The number of amides is 2. The molecule has 0 saturated carbocycles. The zero-order chi connectivity index (χ0) is 15.1. The molecule has 1 aromatic carbocycles. The molecule has 0 radical (unpaired) electrons. The number of rotatable bonds is 6. The van der Waals surface area contributed by atoms with Crippen LogP contribution < -0.4 is 5.32 Å². The molecule has 2 amide bonds. The fourth-order valence-corrected chi connectivity index (χ4v) is 1.90. The quantitative estimate of drug-likeness (QED) is 0.842. The van der Waals surface area contributed by atoms with Crippen LogP contribution in [-0.2, 0) is 4.74 Å². The molecule has 2 N–H and O–H groups in total. The second-order valence-electron chi connectivity index (χ2n) is 4.94. The summed E-state index contributed by atoms with van der Waals surface area (Å²) < 4.78 is 5.26. The van der Waals surface area contributed by atoms with E-state index in [1.807, 2.05) is 45.0 Å². The summed E-state index contributed by atoms with van der Waals surface area (Å²) in [7, 11) is 1.65. The maximum Gasteiger partial charge on any atom is 0.322 e. The highest BCUT2D eigenvalue weighted by atomic mass is 16.5. The molecule has 0 aromatic heterocycles. The Morgan fingerprint density at radius 2 is 2.10 bits per heavy atom. The van der Waals surface area contributed by atoms with E-state index in [2.05, 4.69) is 5.32 Å². The molecule has 5 heteroatoms. The van der Waals surface area contributed by atoms with E-state index in [1.165, 1.54) is 0 Å². The van der Waals surface area contributed by atoms with Gasteiger partial charge in [0, 0.05) is 25.4 Å². The molecule has 0 fully saturated rings. The Balaban J connectivity index is 2.79. The van der Waals surface area contributed by atoms with Crippen molar-refractivity contribution in [2.24, 2.45) is 0 Å². The molecule has 1 unspecified atom stereocenters. The van der Waals surface area contributed by atoms with Crippen LogP contribution in [0.3, 0.4) is 0 Å². The molecule has 0 aliphatic heterocycles. The first kappa shape index (κ1) is 16.5. The minimum atomic E-state index is -0.212. The number of nitrogens with zero attached hydrogens (tertiary/aromatic N) is 1. The van der Waals surface area contributed by atoms with Gasteiger partial charge < -0.3 is 20.1 Å². The van der Waals surface area contributed by atoms with Gasteiger partial charge in [0.25, 0.3) is 0 Å². The molecule has 1 rings (SSSR count). The number of ether oxygens (including phenoxy) is 1. The van der Waals surface area contributed by atoms with Crippen LogP contribution in [0.15, 0.2) is 24.3 Å². The molecule has 5 nitrogen and oxygen atoms in total. The fourth-order valence-electron chi connectivity index (χ4n) is 1.90. The van der Waals surface area contributed by atoms with Gasteiger partial charge in [0.1, 0.15) is 0 Å². The summed E-state index contributed by atoms with van der Waals surface area (Å²) >= 11 is 0. The van der Waals surface area contributed by atoms with Crippen LogP contribution in [0.4, 0.5) is 10.5 Å². The van der Waals surface area contributed by atoms with E-state index >= 15 is 0 Å². The second-order valence-corrected chi connectivity index (χ2v) is 4.94. The van der Waals surface area contributed by atoms with Crippen LogP contribution in [0.25, 0.3) is 0 Å². The van der Waals surface area contributed by atoms with Gasteiger partial charge in [-0.05, 0) is 38.5 Å². The summed E-state index contributed by atoms with van der Waals surface area (Å²) in [6.07, 6.45) is -0.0227. The second kappa shape index (κ2) is 7.87. The number of aliphatic hydroxyl groups excluding tert-OH is 1. The first-order chi connectivity index (χ1) is 9.49. The first-order valence-corrected chi connectivity index (χ1v) is 6.80. The Bertz CT molecular complexity index is 435. The lowest BCUT2D eigenvalue weighted by Crippen LogP contribution is -2.41. The molecule has 0 aliphatic carbocycles. The van der Waals surface area contributed by atoms with E-state index in [4.69, 9.17) is 9.84 Å². The van der Waals surface area contributed by atoms with Crippen molar-refractivity contribution in [3.63, 3.8) is 0 Å². The van der Waals surface area contributed by atoms with Crippen LogP contribution in [0.5, 0.6) is 0 Å². The maximum atomic E-state index is 12.2. The standard InChI is InChI=1S/C15H24N2O3/c1-11(2)17(8-9-18)15(19)16-14-7-5-6-13(10-14)12(3)20-4/h5-7,10-12,18H,8-9H2,1-4H3,(H,16,19). The summed E-state index contributed by atoms with van der Waals surface area (Å²) in [5.41, 5.74) is 1.73. The maximum absolute atomic E-state index is 12.2. The largest absolute Gasteiger partial charge is 0.395 e. The molecule has 0 bridgehead atoms. The number of carbonyl (C=O) groups excluding carboxylic acids is 1. The van der Waals surface area contributed by atoms with Gasteiger partial charge in [-0.25, -0.2) is 4.79 Å². The van der Waals surface area contributed by atoms with Crippen molar-refractivity contribution < 1.29 is 14.6 Å². The van der Waals surface area contributed by atoms with Crippen LogP contribution in [0.1, 0.15) is 32.4 Å². The lowest BCUT2D eigenvalue weighted by atomic mass is 10.1. The highest BCUT2D eigenvalue weighted by Gasteiger charge is 2.16. The molecule has 0 heterocycles. The highest BCUT2D eigenvalue weighted by Crippen LogP contribution is 2.20. The molecule has 1 aromatic rings. The number of carbonyl (C=O) groups is 1. The van der Waals surface area contributed by atoms with Gasteiger partial charge >= 0.3 is 6.03 Å². The third kappa shape index (κ3) is 4.51. The molecule has 0 aliphatic rings. The Kier molecular flexibility index (Phi) is 6.48. The highest BCUT2D eigenvalue weighted by molar-refractivity contribution is 5.89. The zero-order valence-corrected chi connectivity index (χ0v) is 12.6. The van der Waals surface area contributed by atoms with Crippen LogP contribution in [-0.4, -0.2) is 42.3 Å². The predicted octanol–water partition coefficient (Wildman–Crippen LogP) is 2.63. The smallest absolute Gasteiger partial charge is 0.322 e. The van der Waals surface area contributed by atoms with Crippen LogP contribution in [0.2, 0.25) is 0 Å². The third-order valence-corrected chi connectivity index (χ3v) is 3.19. The molecule has 112 valence electrons. The number of anilines is 1. The molecule has 0 spiro atoms. The minimum Gasteiger partial charge on any atom is -0.395 e. The number of urea groups is 1. The monoisotopic (exact) mass is 280 g/mol. The predicted molar refractivity (Wildman–Crippen MR) is 79.8 cm³/mol. The van der Waals surface area contributed by atoms with Crippen molar-refractivity contribution in [3.8, 4) is 0 Å². The number of methoxy groups -OCH3 is 1. The average molecular weight is 280 g/mol. The number of hydrogen-bond donors (Lipinski definition) is 2. The Morgan fingerprint density at radius 3 is 2.65 bits per heavy atom. The summed E-state index contributed by atoms with van der Waals surface area (Å²) in [6.45, 7) is 6.05. The van der Waals surface area contributed by atoms with Gasteiger partial charge in [0.15, 0.2) is 0 Å². The van der Waals surface area contributed by atoms with Crippen LogP contribution >= 0.6 is 0 Å². The minimum absolute atomic E-state index is 0.0227. The SMILES string of the molecule is COC(C)c1cccc(NC(=O)N(CCO)C(C)C)c1. The summed E-state index contributed by atoms with van der Waals surface area (Å²) in [5, 5.41) is 11.9. The van der Waals surface area contributed by atoms with Crippen molar-refractivity contribution in [1.82, 2.24) is 4.90 Å². The normalized spacial score (nSPS) is 12.3. The van der Waals surface area contributed by atoms with Gasteiger partial charge in [-0.1, -0.05) is 12.1 Å². The first-order valence-electron chi connectivity index (χ1n) is 6.80.